The zero-order valence-electron chi connectivity index (χ0n) is 13.5. The van der Waals surface area contributed by atoms with Gasteiger partial charge < -0.3 is 9.47 Å². The molecule has 0 amide bonds. The first kappa shape index (κ1) is 16.2. The van der Waals surface area contributed by atoms with E-state index in [1.165, 1.54) is 4.68 Å². The minimum absolute atomic E-state index is 0.0333. The van der Waals surface area contributed by atoms with E-state index in [1.807, 2.05) is 6.92 Å². The first-order valence-corrected chi connectivity index (χ1v) is 7.92. The number of aromatic nitrogens is 2. The molecule has 2 aromatic rings. The number of cyclic esters (lactones) is 1. The topological polar surface area (TPSA) is 87.5 Å². The number of fused-ring (bicyclic) bond motifs is 1. The third-order valence-electron chi connectivity index (χ3n) is 3.87. The van der Waals surface area contributed by atoms with Crippen molar-refractivity contribution in [3.63, 3.8) is 0 Å². The van der Waals surface area contributed by atoms with E-state index in [0.29, 0.717) is 30.2 Å². The molecule has 1 fully saturated rings. The predicted octanol–water partition coefficient (Wildman–Crippen LogP) is 1.67. The molecule has 1 aliphatic heterocycles. The highest BCUT2D eigenvalue weighted by atomic mass is 16.6. The Balaban J connectivity index is 2.01. The van der Waals surface area contributed by atoms with Crippen LogP contribution in [0.15, 0.2) is 29.1 Å². The average Bonchev–Trinajstić information content (AvgIpc) is 2.87. The number of aryl methyl sites for hydroxylation is 1. The van der Waals surface area contributed by atoms with E-state index >= 15 is 0 Å². The van der Waals surface area contributed by atoms with E-state index in [0.717, 1.165) is 0 Å². The van der Waals surface area contributed by atoms with Crippen molar-refractivity contribution in [1.29, 1.82) is 0 Å². The van der Waals surface area contributed by atoms with Gasteiger partial charge in [0.05, 0.1) is 5.39 Å². The Hall–Kier alpha value is -2.70. The lowest BCUT2D eigenvalue weighted by Gasteiger charge is -2.12. The normalized spacial score (nSPS) is 20.2. The highest BCUT2D eigenvalue weighted by Gasteiger charge is 2.36. The maximum absolute atomic E-state index is 12.5. The lowest BCUT2D eigenvalue weighted by molar-refractivity contribution is -0.147. The van der Waals surface area contributed by atoms with Crippen LogP contribution in [-0.4, -0.2) is 33.9 Å². The molecule has 0 unspecified atom stereocenters. The molecule has 3 rings (SSSR count). The van der Waals surface area contributed by atoms with Crippen molar-refractivity contribution in [1.82, 2.24) is 9.78 Å². The quantitative estimate of drug-likeness (QED) is 0.793. The van der Waals surface area contributed by atoms with Crippen LogP contribution in [-0.2, 0) is 20.8 Å². The Labute approximate surface area is 138 Å². The summed E-state index contributed by atoms with van der Waals surface area (Å²) < 4.78 is 11.5. The SMILES string of the molecule is CCCn1nc(C(=O)O[C@H]2C[C@H](C)OC2=O)c2ccccc2c1=O. The molecule has 1 aromatic heterocycles. The molecule has 2 heterocycles. The van der Waals surface area contributed by atoms with E-state index < -0.39 is 18.0 Å². The summed E-state index contributed by atoms with van der Waals surface area (Å²) in [4.78, 5) is 36.6. The number of carbonyl (C=O) groups excluding carboxylic acids is 2. The van der Waals surface area contributed by atoms with Crippen LogP contribution < -0.4 is 5.56 Å². The predicted molar refractivity (Wildman–Crippen MR) is 85.7 cm³/mol. The number of carbonyl (C=O) groups is 2. The first-order valence-electron chi connectivity index (χ1n) is 7.92. The molecule has 0 spiro atoms. The van der Waals surface area contributed by atoms with Crippen molar-refractivity contribution in [2.45, 2.75) is 45.4 Å². The fourth-order valence-electron chi connectivity index (χ4n) is 2.75. The Morgan fingerprint density at radius 2 is 2.04 bits per heavy atom. The van der Waals surface area contributed by atoms with Crippen molar-refractivity contribution < 1.29 is 19.1 Å². The molecule has 126 valence electrons. The van der Waals surface area contributed by atoms with Crippen LogP contribution in [0.3, 0.4) is 0 Å². The van der Waals surface area contributed by atoms with Gasteiger partial charge in [0.15, 0.2) is 5.69 Å². The van der Waals surface area contributed by atoms with Crippen molar-refractivity contribution in [2.24, 2.45) is 0 Å². The molecular formula is C17H18N2O5. The average molecular weight is 330 g/mol. The van der Waals surface area contributed by atoms with Crippen molar-refractivity contribution in [3.8, 4) is 0 Å². The van der Waals surface area contributed by atoms with Crippen molar-refractivity contribution in [3.05, 3.63) is 40.3 Å². The summed E-state index contributed by atoms with van der Waals surface area (Å²) in [7, 11) is 0. The Bertz CT molecular complexity index is 858. The molecular weight excluding hydrogens is 312 g/mol. The maximum Gasteiger partial charge on any atom is 0.360 e. The van der Waals surface area contributed by atoms with Gasteiger partial charge >= 0.3 is 11.9 Å². The lowest BCUT2D eigenvalue weighted by atomic mass is 10.1. The van der Waals surface area contributed by atoms with Gasteiger partial charge in [0.2, 0.25) is 6.10 Å². The molecule has 0 N–H and O–H groups in total. The summed E-state index contributed by atoms with van der Waals surface area (Å²) in [6.07, 6.45) is -0.197. The van der Waals surface area contributed by atoms with E-state index in [1.54, 1.807) is 31.2 Å². The fourth-order valence-corrected chi connectivity index (χ4v) is 2.75. The lowest BCUT2D eigenvalue weighted by Crippen LogP contribution is -2.28. The number of nitrogens with zero attached hydrogens (tertiary/aromatic N) is 2. The monoisotopic (exact) mass is 330 g/mol. The highest BCUT2D eigenvalue weighted by Crippen LogP contribution is 2.20. The second-order valence-corrected chi connectivity index (χ2v) is 5.80. The van der Waals surface area contributed by atoms with Gasteiger partial charge in [0, 0.05) is 18.4 Å². The molecule has 1 saturated heterocycles. The minimum atomic E-state index is -0.931. The summed E-state index contributed by atoms with van der Waals surface area (Å²) in [6, 6.07) is 6.74. The van der Waals surface area contributed by atoms with Gasteiger partial charge in [0.1, 0.15) is 6.10 Å². The van der Waals surface area contributed by atoms with Crippen LogP contribution in [0.5, 0.6) is 0 Å². The second-order valence-electron chi connectivity index (χ2n) is 5.80. The Morgan fingerprint density at radius 1 is 1.33 bits per heavy atom. The summed E-state index contributed by atoms with van der Waals surface area (Å²) in [5.41, 5.74) is -0.219. The van der Waals surface area contributed by atoms with Crippen molar-refractivity contribution >= 4 is 22.7 Å². The zero-order chi connectivity index (χ0) is 17.3. The number of benzene rings is 1. The summed E-state index contributed by atoms with van der Waals surface area (Å²) in [5, 5.41) is 4.97. The largest absolute Gasteiger partial charge is 0.460 e. The molecule has 1 aromatic carbocycles. The Kier molecular flexibility index (Phi) is 4.33. The molecule has 1 aliphatic rings. The molecule has 0 saturated carbocycles. The zero-order valence-corrected chi connectivity index (χ0v) is 13.5. The van der Waals surface area contributed by atoms with Gasteiger partial charge in [-0.05, 0) is 19.4 Å². The van der Waals surface area contributed by atoms with E-state index in [4.69, 9.17) is 9.47 Å². The van der Waals surface area contributed by atoms with Gasteiger partial charge in [-0.1, -0.05) is 25.1 Å². The van der Waals surface area contributed by atoms with Gasteiger partial charge in [-0.2, -0.15) is 5.10 Å². The molecule has 24 heavy (non-hydrogen) atoms. The van der Waals surface area contributed by atoms with Gasteiger partial charge in [-0.25, -0.2) is 14.3 Å². The summed E-state index contributed by atoms with van der Waals surface area (Å²) >= 11 is 0. The number of hydrogen-bond acceptors (Lipinski definition) is 6. The third-order valence-corrected chi connectivity index (χ3v) is 3.87. The van der Waals surface area contributed by atoms with Crippen LogP contribution >= 0.6 is 0 Å². The first-order chi connectivity index (χ1) is 11.5. The molecule has 0 radical (unpaired) electrons. The maximum atomic E-state index is 12.5. The van der Waals surface area contributed by atoms with Crippen LogP contribution in [0, 0.1) is 0 Å². The smallest absolute Gasteiger partial charge is 0.360 e. The Morgan fingerprint density at radius 3 is 2.67 bits per heavy atom. The number of hydrogen-bond donors (Lipinski definition) is 0. The van der Waals surface area contributed by atoms with E-state index in [9.17, 15) is 14.4 Å². The standard InChI is InChI=1S/C17H18N2O5/c1-3-8-19-15(20)12-7-5-4-6-11(12)14(18-19)17(22)24-13-9-10(2)23-16(13)21/h4-7,10,13H,3,8-9H2,1-2H3/t10-,13-/m0/s1. The van der Waals surface area contributed by atoms with E-state index in [-0.39, 0.29) is 17.4 Å². The second kappa shape index (κ2) is 6.43. The molecule has 2 atom stereocenters. The van der Waals surface area contributed by atoms with Crippen LogP contribution in [0.2, 0.25) is 0 Å². The summed E-state index contributed by atoms with van der Waals surface area (Å²) in [6.45, 7) is 4.05. The van der Waals surface area contributed by atoms with Crippen molar-refractivity contribution in [2.75, 3.05) is 0 Å². The number of esters is 2. The van der Waals surface area contributed by atoms with Crippen LogP contribution in [0.4, 0.5) is 0 Å². The van der Waals surface area contributed by atoms with Crippen LogP contribution in [0.1, 0.15) is 37.2 Å². The summed E-state index contributed by atoms with van der Waals surface area (Å²) in [5.74, 6) is -1.28. The molecule has 7 nitrogen and oxygen atoms in total. The third kappa shape index (κ3) is 2.89. The van der Waals surface area contributed by atoms with E-state index in [2.05, 4.69) is 5.10 Å². The fraction of sp³-hybridized carbons (Fsp3) is 0.412. The number of ether oxygens (including phenoxy) is 2. The van der Waals surface area contributed by atoms with Gasteiger partial charge in [-0.3, -0.25) is 4.79 Å². The number of rotatable bonds is 4. The van der Waals surface area contributed by atoms with Gasteiger partial charge in [-0.15, -0.1) is 0 Å². The molecule has 0 bridgehead atoms. The molecule has 7 heteroatoms. The minimum Gasteiger partial charge on any atom is -0.460 e. The molecule has 0 aliphatic carbocycles. The highest BCUT2D eigenvalue weighted by molar-refractivity contribution is 6.02. The van der Waals surface area contributed by atoms with Gasteiger partial charge in [0.25, 0.3) is 5.56 Å². The van der Waals surface area contributed by atoms with Crippen LogP contribution in [0.25, 0.3) is 10.8 Å².